The van der Waals surface area contributed by atoms with Crippen molar-refractivity contribution in [2.45, 2.75) is 73.0 Å². The number of rotatable bonds is 5. The van der Waals surface area contributed by atoms with Gasteiger partial charge >= 0.3 is 0 Å². The number of hydrogen-bond acceptors (Lipinski definition) is 3. The fraction of sp³-hybridized carbons (Fsp3) is 0.824. The average molecular weight is 293 g/mol. The molecule has 1 aromatic rings. The molecule has 1 aliphatic rings. The first-order valence-electron chi connectivity index (χ1n) is 8.21. The molecule has 1 aromatic heterocycles. The monoisotopic (exact) mass is 293 g/mol. The van der Waals surface area contributed by atoms with Crippen molar-refractivity contribution in [2.24, 2.45) is 11.3 Å². The molecule has 2 rings (SSSR count). The highest BCUT2D eigenvalue weighted by molar-refractivity contribution is 5.24. The van der Waals surface area contributed by atoms with E-state index in [2.05, 4.69) is 45.0 Å². The fourth-order valence-electron chi connectivity index (χ4n) is 3.79. The highest BCUT2D eigenvalue weighted by Gasteiger charge is 2.32. The summed E-state index contributed by atoms with van der Waals surface area (Å²) in [5, 5.41) is 17.4. The minimum absolute atomic E-state index is 0.142. The largest absolute Gasteiger partial charge is 0.394 e. The van der Waals surface area contributed by atoms with E-state index >= 15 is 0 Å². The van der Waals surface area contributed by atoms with Crippen LogP contribution in [0.4, 0.5) is 0 Å². The smallest absolute Gasteiger partial charge is 0.0644 e. The Morgan fingerprint density at radius 2 is 2.10 bits per heavy atom. The average Bonchev–Trinajstić information content (AvgIpc) is 2.64. The molecule has 4 nitrogen and oxygen atoms in total. The van der Waals surface area contributed by atoms with E-state index in [1.807, 2.05) is 4.68 Å². The first-order chi connectivity index (χ1) is 9.84. The first kappa shape index (κ1) is 16.5. The van der Waals surface area contributed by atoms with E-state index in [1.54, 1.807) is 0 Å². The van der Waals surface area contributed by atoms with Gasteiger partial charge in [-0.15, -0.1) is 0 Å². The molecule has 2 atom stereocenters. The number of aromatic nitrogens is 2. The molecule has 0 spiro atoms. The van der Waals surface area contributed by atoms with E-state index in [0.717, 1.165) is 18.2 Å². The van der Waals surface area contributed by atoms with Crippen LogP contribution in [0.15, 0.2) is 0 Å². The molecule has 1 fully saturated rings. The van der Waals surface area contributed by atoms with Crippen molar-refractivity contribution in [2.75, 3.05) is 6.61 Å². The van der Waals surface area contributed by atoms with E-state index in [-0.39, 0.29) is 6.61 Å². The summed E-state index contributed by atoms with van der Waals surface area (Å²) in [6.07, 6.45) is 3.86. The van der Waals surface area contributed by atoms with Crippen molar-refractivity contribution in [1.29, 1.82) is 0 Å². The molecule has 4 heteroatoms. The minimum atomic E-state index is 0.142. The predicted molar refractivity (Wildman–Crippen MR) is 86.2 cm³/mol. The molecule has 2 N–H and O–H groups in total. The van der Waals surface area contributed by atoms with Crippen LogP contribution in [0, 0.1) is 25.2 Å². The van der Waals surface area contributed by atoms with Gasteiger partial charge < -0.3 is 10.4 Å². The first-order valence-corrected chi connectivity index (χ1v) is 8.21. The lowest BCUT2D eigenvalue weighted by molar-refractivity contribution is 0.148. The van der Waals surface area contributed by atoms with Gasteiger partial charge in [0.2, 0.25) is 0 Å². The maximum Gasteiger partial charge on any atom is 0.0644 e. The van der Waals surface area contributed by atoms with Crippen LogP contribution in [-0.4, -0.2) is 27.5 Å². The zero-order valence-corrected chi connectivity index (χ0v) is 14.2. The number of nitrogens with zero attached hydrogens (tertiary/aromatic N) is 2. The molecule has 1 saturated carbocycles. The van der Waals surface area contributed by atoms with Gasteiger partial charge in [0.1, 0.15) is 0 Å². The Morgan fingerprint density at radius 1 is 1.38 bits per heavy atom. The Hall–Kier alpha value is -0.870. The zero-order chi connectivity index (χ0) is 15.6. The van der Waals surface area contributed by atoms with Crippen molar-refractivity contribution in [3.05, 3.63) is 17.0 Å². The van der Waals surface area contributed by atoms with Gasteiger partial charge in [0.25, 0.3) is 0 Å². The minimum Gasteiger partial charge on any atom is -0.394 e. The summed E-state index contributed by atoms with van der Waals surface area (Å²) >= 11 is 0. The maximum absolute atomic E-state index is 9.09. The second-order valence-electron chi connectivity index (χ2n) is 7.47. The molecule has 0 aromatic carbocycles. The van der Waals surface area contributed by atoms with Crippen molar-refractivity contribution < 1.29 is 5.11 Å². The third-order valence-corrected chi connectivity index (χ3v) is 5.08. The lowest BCUT2D eigenvalue weighted by Gasteiger charge is -2.39. The SMILES string of the molecule is Cc1nn(CCO)c(C)c1CNC1CCC(C)(C)CC1C. The predicted octanol–water partition coefficient (Wildman–Crippen LogP) is 2.80. The van der Waals surface area contributed by atoms with Gasteiger partial charge in [0.15, 0.2) is 0 Å². The Balaban J connectivity index is 1.97. The summed E-state index contributed by atoms with van der Waals surface area (Å²) in [5.41, 5.74) is 4.05. The molecule has 1 heterocycles. The molecular formula is C17H31N3O. The summed E-state index contributed by atoms with van der Waals surface area (Å²) in [7, 11) is 0. The second-order valence-corrected chi connectivity index (χ2v) is 7.47. The van der Waals surface area contributed by atoms with Crippen LogP contribution in [-0.2, 0) is 13.1 Å². The number of nitrogens with one attached hydrogen (secondary N) is 1. The van der Waals surface area contributed by atoms with Crippen LogP contribution in [0.5, 0.6) is 0 Å². The summed E-state index contributed by atoms with van der Waals surface area (Å²) in [6, 6.07) is 0.609. The van der Waals surface area contributed by atoms with Gasteiger partial charge in [-0.05, 0) is 44.4 Å². The van der Waals surface area contributed by atoms with Crippen LogP contribution in [0.1, 0.15) is 57.0 Å². The Bertz CT molecular complexity index is 479. The highest BCUT2D eigenvalue weighted by Crippen LogP contribution is 2.38. The molecule has 21 heavy (non-hydrogen) atoms. The maximum atomic E-state index is 9.09. The van der Waals surface area contributed by atoms with E-state index in [9.17, 15) is 0 Å². The van der Waals surface area contributed by atoms with Crippen molar-refractivity contribution in [1.82, 2.24) is 15.1 Å². The molecule has 0 saturated heterocycles. The number of aliphatic hydroxyl groups is 1. The van der Waals surface area contributed by atoms with Gasteiger partial charge in [-0.25, -0.2) is 0 Å². The lowest BCUT2D eigenvalue weighted by Crippen LogP contribution is -2.41. The molecule has 2 unspecified atom stereocenters. The van der Waals surface area contributed by atoms with E-state index in [4.69, 9.17) is 5.11 Å². The molecule has 0 aliphatic heterocycles. The quantitative estimate of drug-likeness (QED) is 0.877. The molecule has 0 radical (unpaired) electrons. The zero-order valence-electron chi connectivity index (χ0n) is 14.2. The summed E-state index contributed by atoms with van der Waals surface area (Å²) in [4.78, 5) is 0. The normalized spacial score (nSPS) is 25.2. The number of aliphatic hydroxyl groups excluding tert-OH is 1. The Kier molecular flexibility index (Phi) is 5.10. The Morgan fingerprint density at radius 3 is 2.71 bits per heavy atom. The summed E-state index contributed by atoms with van der Waals surface area (Å²) in [6.45, 7) is 12.9. The van der Waals surface area contributed by atoms with Crippen LogP contribution < -0.4 is 5.32 Å². The van der Waals surface area contributed by atoms with Crippen LogP contribution in [0.2, 0.25) is 0 Å². The topological polar surface area (TPSA) is 50.1 Å². The van der Waals surface area contributed by atoms with Gasteiger partial charge in [-0.3, -0.25) is 4.68 Å². The molecule has 0 amide bonds. The van der Waals surface area contributed by atoms with Crippen molar-refractivity contribution in [3.8, 4) is 0 Å². The van der Waals surface area contributed by atoms with E-state index in [1.165, 1.54) is 30.5 Å². The second kappa shape index (κ2) is 6.49. The molecule has 1 aliphatic carbocycles. The molecule has 120 valence electrons. The van der Waals surface area contributed by atoms with Crippen LogP contribution >= 0.6 is 0 Å². The van der Waals surface area contributed by atoms with Crippen LogP contribution in [0.3, 0.4) is 0 Å². The van der Waals surface area contributed by atoms with Crippen LogP contribution in [0.25, 0.3) is 0 Å². The standard InChI is InChI=1S/C17H31N3O/c1-12-10-17(4,5)7-6-16(12)18-11-15-13(2)19-20(8-9-21)14(15)3/h12,16,18,21H,6-11H2,1-5H3. The molecular weight excluding hydrogens is 262 g/mol. The summed E-state index contributed by atoms with van der Waals surface area (Å²) < 4.78 is 1.92. The highest BCUT2D eigenvalue weighted by atomic mass is 16.3. The van der Waals surface area contributed by atoms with Gasteiger partial charge in [0.05, 0.1) is 18.8 Å². The van der Waals surface area contributed by atoms with Gasteiger partial charge in [0, 0.05) is 23.8 Å². The molecule has 0 bridgehead atoms. The summed E-state index contributed by atoms with van der Waals surface area (Å²) in [5.74, 6) is 0.724. The number of hydrogen-bond donors (Lipinski definition) is 2. The fourth-order valence-corrected chi connectivity index (χ4v) is 3.79. The number of aryl methyl sites for hydroxylation is 1. The lowest BCUT2D eigenvalue weighted by atomic mass is 9.70. The Labute approximate surface area is 128 Å². The van der Waals surface area contributed by atoms with E-state index < -0.39 is 0 Å². The van der Waals surface area contributed by atoms with Gasteiger partial charge in [-0.2, -0.15) is 5.10 Å². The van der Waals surface area contributed by atoms with E-state index in [0.29, 0.717) is 18.0 Å². The van der Waals surface area contributed by atoms with Crippen molar-refractivity contribution in [3.63, 3.8) is 0 Å². The third kappa shape index (κ3) is 3.86. The third-order valence-electron chi connectivity index (χ3n) is 5.08. The van der Waals surface area contributed by atoms with Crippen molar-refractivity contribution >= 4 is 0 Å². The van der Waals surface area contributed by atoms with Gasteiger partial charge in [-0.1, -0.05) is 20.8 Å².